The second-order valence-electron chi connectivity index (χ2n) is 3.60. The van der Waals surface area contributed by atoms with E-state index in [0.29, 0.717) is 18.7 Å². The van der Waals surface area contributed by atoms with Crippen molar-refractivity contribution in [1.29, 1.82) is 0 Å². The quantitative estimate of drug-likeness (QED) is 0.561. The van der Waals surface area contributed by atoms with Gasteiger partial charge in [0.05, 0.1) is 0 Å². The lowest BCUT2D eigenvalue weighted by Crippen LogP contribution is -2.07. The second-order valence-corrected chi connectivity index (χ2v) is 3.60. The second kappa shape index (κ2) is 9.72. The predicted octanol–water partition coefficient (Wildman–Crippen LogP) is 2.65. The number of Topliss-reactive ketones (excluding diaryl/α,β-unsaturated/α-hetero) is 1. The minimum atomic E-state index is 0.331. The molecule has 0 unspecified atom stereocenters. The van der Waals surface area contributed by atoms with E-state index in [2.05, 4.69) is 6.92 Å². The maximum absolute atomic E-state index is 11.1. The summed E-state index contributed by atoms with van der Waals surface area (Å²) in [5.74, 6) is 0.331. The summed E-state index contributed by atoms with van der Waals surface area (Å²) in [5.41, 5.74) is 5.28. The molecule has 0 amide bonds. The fourth-order valence-electron chi connectivity index (χ4n) is 1.39. The Balaban J connectivity index is 3.02. The van der Waals surface area contributed by atoms with Crippen LogP contribution in [0.1, 0.15) is 58.3 Å². The third kappa shape index (κ3) is 9.54. The van der Waals surface area contributed by atoms with Gasteiger partial charge in [-0.3, -0.25) is 4.79 Å². The first-order valence-electron chi connectivity index (χ1n) is 5.53. The molecule has 0 aliphatic heterocycles. The van der Waals surface area contributed by atoms with Gasteiger partial charge in [-0.05, 0) is 13.0 Å². The summed E-state index contributed by atoms with van der Waals surface area (Å²) in [6, 6.07) is 0. The number of ketones is 1. The van der Waals surface area contributed by atoms with Crippen LogP contribution in [0.5, 0.6) is 0 Å². The van der Waals surface area contributed by atoms with Crippen molar-refractivity contribution in [1.82, 2.24) is 0 Å². The van der Waals surface area contributed by atoms with E-state index in [1.807, 2.05) is 0 Å². The van der Waals surface area contributed by atoms with Gasteiger partial charge < -0.3 is 5.73 Å². The van der Waals surface area contributed by atoms with Gasteiger partial charge in [-0.1, -0.05) is 39.0 Å². The van der Waals surface area contributed by atoms with Crippen LogP contribution in [0.4, 0.5) is 0 Å². The molecule has 2 N–H and O–H groups in total. The van der Waals surface area contributed by atoms with Gasteiger partial charge in [0.25, 0.3) is 0 Å². The summed E-state index contributed by atoms with van der Waals surface area (Å²) in [5, 5.41) is 0. The molecule has 2 nitrogen and oxygen atoms in total. The standard InChI is InChI=1S/C11H23NO/c1-2-3-4-5-6-7-8-11(13)9-10-12/h2-10,12H2,1H3. The molecule has 0 bridgehead atoms. The minimum Gasteiger partial charge on any atom is -0.330 e. The summed E-state index contributed by atoms with van der Waals surface area (Å²) in [6.07, 6.45) is 8.78. The van der Waals surface area contributed by atoms with E-state index in [1.54, 1.807) is 0 Å². The highest BCUT2D eigenvalue weighted by Crippen LogP contribution is 2.07. The van der Waals surface area contributed by atoms with Crippen molar-refractivity contribution >= 4 is 5.78 Å². The maximum atomic E-state index is 11.1. The third-order valence-corrected chi connectivity index (χ3v) is 2.23. The topological polar surface area (TPSA) is 43.1 Å². The fourth-order valence-corrected chi connectivity index (χ4v) is 1.39. The predicted molar refractivity (Wildman–Crippen MR) is 56.7 cm³/mol. The molecular formula is C11H23NO. The maximum Gasteiger partial charge on any atom is 0.134 e. The molecule has 0 rings (SSSR count). The van der Waals surface area contributed by atoms with E-state index in [-0.39, 0.29) is 0 Å². The Morgan fingerprint density at radius 1 is 1.00 bits per heavy atom. The summed E-state index contributed by atoms with van der Waals surface area (Å²) < 4.78 is 0. The van der Waals surface area contributed by atoms with Crippen LogP contribution in [0.3, 0.4) is 0 Å². The van der Waals surface area contributed by atoms with Crippen LogP contribution in [0.2, 0.25) is 0 Å². The van der Waals surface area contributed by atoms with Gasteiger partial charge >= 0.3 is 0 Å². The average Bonchev–Trinajstić information content (AvgIpc) is 2.11. The molecule has 0 atom stereocenters. The number of unbranched alkanes of at least 4 members (excludes halogenated alkanes) is 5. The fraction of sp³-hybridized carbons (Fsp3) is 0.909. The van der Waals surface area contributed by atoms with E-state index in [0.717, 1.165) is 12.8 Å². The summed E-state index contributed by atoms with van der Waals surface area (Å²) >= 11 is 0. The zero-order valence-corrected chi connectivity index (χ0v) is 8.85. The van der Waals surface area contributed by atoms with Crippen molar-refractivity contribution in [2.75, 3.05) is 6.54 Å². The number of carbonyl (C=O) groups is 1. The monoisotopic (exact) mass is 185 g/mol. The van der Waals surface area contributed by atoms with Gasteiger partial charge in [0.15, 0.2) is 0 Å². The molecule has 0 saturated carbocycles. The van der Waals surface area contributed by atoms with Gasteiger partial charge in [0.2, 0.25) is 0 Å². The Kier molecular flexibility index (Phi) is 9.44. The Bertz CT molecular complexity index is 123. The number of carbonyl (C=O) groups excluding carboxylic acids is 1. The first kappa shape index (κ1) is 12.6. The lowest BCUT2D eigenvalue weighted by molar-refractivity contribution is -0.119. The Labute approximate surface area is 81.9 Å². The zero-order chi connectivity index (χ0) is 9.94. The Morgan fingerprint density at radius 2 is 1.62 bits per heavy atom. The van der Waals surface area contributed by atoms with Gasteiger partial charge in [0.1, 0.15) is 5.78 Å². The molecule has 2 heteroatoms. The van der Waals surface area contributed by atoms with Crippen molar-refractivity contribution in [3.05, 3.63) is 0 Å². The Morgan fingerprint density at radius 3 is 2.23 bits per heavy atom. The zero-order valence-electron chi connectivity index (χ0n) is 8.85. The van der Waals surface area contributed by atoms with Crippen molar-refractivity contribution in [2.24, 2.45) is 5.73 Å². The molecule has 0 aromatic carbocycles. The first-order chi connectivity index (χ1) is 6.31. The highest BCUT2D eigenvalue weighted by Gasteiger charge is 1.99. The third-order valence-electron chi connectivity index (χ3n) is 2.23. The molecule has 0 aromatic heterocycles. The highest BCUT2D eigenvalue weighted by molar-refractivity contribution is 5.78. The smallest absolute Gasteiger partial charge is 0.134 e. The van der Waals surface area contributed by atoms with Crippen molar-refractivity contribution in [3.63, 3.8) is 0 Å². The van der Waals surface area contributed by atoms with Crippen molar-refractivity contribution < 1.29 is 4.79 Å². The number of rotatable bonds is 9. The van der Waals surface area contributed by atoms with E-state index in [4.69, 9.17) is 5.73 Å². The van der Waals surface area contributed by atoms with Crippen LogP contribution >= 0.6 is 0 Å². The average molecular weight is 185 g/mol. The van der Waals surface area contributed by atoms with Crippen LogP contribution in [0.25, 0.3) is 0 Å². The van der Waals surface area contributed by atoms with Crippen molar-refractivity contribution in [2.45, 2.75) is 58.3 Å². The SMILES string of the molecule is CCCCCCCCC(=O)CCN. The molecule has 78 valence electrons. The van der Waals surface area contributed by atoms with Gasteiger partial charge in [-0.15, -0.1) is 0 Å². The summed E-state index contributed by atoms with van der Waals surface area (Å²) in [7, 11) is 0. The van der Waals surface area contributed by atoms with Crippen LogP contribution < -0.4 is 5.73 Å². The van der Waals surface area contributed by atoms with E-state index < -0.39 is 0 Å². The van der Waals surface area contributed by atoms with E-state index >= 15 is 0 Å². The Hall–Kier alpha value is -0.370. The lowest BCUT2D eigenvalue weighted by Gasteiger charge is -1.99. The molecule has 0 radical (unpaired) electrons. The number of hydrogen-bond acceptors (Lipinski definition) is 2. The molecule has 0 fully saturated rings. The normalized spacial score (nSPS) is 10.3. The summed E-state index contributed by atoms with van der Waals surface area (Å²) in [6.45, 7) is 2.72. The summed E-state index contributed by atoms with van der Waals surface area (Å²) in [4.78, 5) is 11.1. The van der Waals surface area contributed by atoms with Crippen LogP contribution in [0.15, 0.2) is 0 Å². The minimum absolute atomic E-state index is 0.331. The van der Waals surface area contributed by atoms with Crippen molar-refractivity contribution in [3.8, 4) is 0 Å². The number of hydrogen-bond donors (Lipinski definition) is 1. The highest BCUT2D eigenvalue weighted by atomic mass is 16.1. The van der Waals surface area contributed by atoms with E-state index in [1.165, 1.54) is 32.1 Å². The van der Waals surface area contributed by atoms with Crippen LogP contribution in [-0.4, -0.2) is 12.3 Å². The van der Waals surface area contributed by atoms with Gasteiger partial charge in [0, 0.05) is 12.8 Å². The molecule has 13 heavy (non-hydrogen) atoms. The molecule has 0 spiro atoms. The molecule has 0 saturated heterocycles. The lowest BCUT2D eigenvalue weighted by atomic mass is 10.1. The van der Waals surface area contributed by atoms with Gasteiger partial charge in [-0.2, -0.15) is 0 Å². The molecule has 0 heterocycles. The van der Waals surface area contributed by atoms with Gasteiger partial charge in [-0.25, -0.2) is 0 Å². The molecular weight excluding hydrogens is 162 g/mol. The van der Waals surface area contributed by atoms with E-state index in [9.17, 15) is 4.79 Å². The molecule has 0 aliphatic carbocycles. The van der Waals surface area contributed by atoms with Crippen LogP contribution in [0, 0.1) is 0 Å². The first-order valence-corrected chi connectivity index (χ1v) is 5.53. The molecule has 0 aromatic rings. The number of nitrogens with two attached hydrogens (primary N) is 1. The largest absolute Gasteiger partial charge is 0.330 e. The van der Waals surface area contributed by atoms with Crippen LogP contribution in [-0.2, 0) is 4.79 Å². The molecule has 0 aliphatic rings.